The molecule has 0 amide bonds. The van der Waals surface area contributed by atoms with Crippen LogP contribution in [0.2, 0.25) is 5.02 Å². The minimum Gasteiger partial charge on any atom is -0.415 e. The van der Waals surface area contributed by atoms with Gasteiger partial charge in [0.05, 0.1) is 28.8 Å². The Morgan fingerprint density at radius 1 is 1.15 bits per heavy atom. The zero-order valence-electron chi connectivity index (χ0n) is 17.8. The second kappa shape index (κ2) is 8.68. The number of benzene rings is 1. The smallest absolute Gasteiger partial charge is 0.329 e. The van der Waals surface area contributed by atoms with Crippen LogP contribution in [0.25, 0.3) is 22.5 Å². The summed E-state index contributed by atoms with van der Waals surface area (Å²) >= 11 is 6.25. The Morgan fingerprint density at radius 3 is 2.61 bits per heavy atom. The molecule has 0 atom stereocenters. The van der Waals surface area contributed by atoms with E-state index in [0.717, 1.165) is 37.0 Å². The molecule has 1 aliphatic heterocycles. The van der Waals surface area contributed by atoms with Crippen molar-refractivity contribution in [3.8, 4) is 11.5 Å². The number of aromatic nitrogens is 5. The van der Waals surface area contributed by atoms with Crippen molar-refractivity contribution in [3.05, 3.63) is 63.6 Å². The summed E-state index contributed by atoms with van der Waals surface area (Å²) in [5.74, 6) is -0.772. The molecule has 172 valence electrons. The predicted molar refractivity (Wildman–Crippen MR) is 119 cm³/mol. The van der Waals surface area contributed by atoms with Gasteiger partial charge >= 0.3 is 12.1 Å². The molecule has 4 aromatic rings. The summed E-state index contributed by atoms with van der Waals surface area (Å²) < 4.78 is 33.9. The van der Waals surface area contributed by atoms with Crippen LogP contribution in [0.1, 0.15) is 36.9 Å². The third-order valence-corrected chi connectivity index (χ3v) is 6.23. The zero-order valence-corrected chi connectivity index (χ0v) is 18.5. The Bertz CT molecular complexity index is 1340. The minimum absolute atomic E-state index is 0.0350. The highest BCUT2D eigenvalue weighted by Gasteiger charge is 2.24. The maximum atomic E-state index is 13.5. The Labute approximate surface area is 192 Å². The quantitative estimate of drug-likeness (QED) is 0.432. The lowest BCUT2D eigenvalue weighted by atomic mass is 10.1. The molecule has 0 saturated carbocycles. The van der Waals surface area contributed by atoms with E-state index in [1.165, 1.54) is 6.20 Å². The van der Waals surface area contributed by atoms with Crippen LogP contribution in [-0.4, -0.2) is 49.4 Å². The number of hydrogen-bond donors (Lipinski definition) is 0. The molecule has 1 aliphatic rings. The lowest BCUT2D eigenvalue weighted by molar-refractivity contribution is 0.116. The molecule has 0 radical (unpaired) electrons. The number of fused-ring (bicyclic) bond motifs is 1. The van der Waals surface area contributed by atoms with Crippen molar-refractivity contribution in [1.82, 2.24) is 29.2 Å². The second-order valence-electron chi connectivity index (χ2n) is 8.19. The summed E-state index contributed by atoms with van der Waals surface area (Å²) in [4.78, 5) is 20.1. The molecule has 8 nitrogen and oxygen atoms in total. The van der Waals surface area contributed by atoms with Gasteiger partial charge < -0.3 is 9.32 Å². The van der Waals surface area contributed by atoms with Crippen LogP contribution < -0.4 is 5.69 Å². The van der Waals surface area contributed by atoms with E-state index in [1.54, 1.807) is 28.8 Å². The van der Waals surface area contributed by atoms with Gasteiger partial charge in [-0.05, 0) is 63.3 Å². The van der Waals surface area contributed by atoms with Crippen molar-refractivity contribution >= 4 is 22.6 Å². The number of piperidine rings is 1. The average molecular weight is 475 g/mol. The van der Waals surface area contributed by atoms with E-state index in [9.17, 15) is 13.6 Å². The minimum atomic E-state index is -2.83. The summed E-state index contributed by atoms with van der Waals surface area (Å²) in [6.45, 7) is 2.11. The molecule has 0 unspecified atom stereocenters. The van der Waals surface area contributed by atoms with Crippen molar-refractivity contribution in [3.63, 3.8) is 0 Å². The molecule has 3 aromatic heterocycles. The van der Waals surface area contributed by atoms with Crippen molar-refractivity contribution in [2.45, 2.75) is 31.9 Å². The van der Waals surface area contributed by atoms with Gasteiger partial charge in [-0.3, -0.25) is 14.1 Å². The number of imidazole rings is 1. The van der Waals surface area contributed by atoms with Crippen molar-refractivity contribution in [2.24, 2.45) is 0 Å². The van der Waals surface area contributed by atoms with Crippen LogP contribution in [-0.2, 0) is 6.54 Å². The van der Waals surface area contributed by atoms with Gasteiger partial charge in [0.15, 0.2) is 0 Å². The molecule has 0 N–H and O–H groups in total. The van der Waals surface area contributed by atoms with Gasteiger partial charge in [0, 0.05) is 17.3 Å². The maximum absolute atomic E-state index is 13.5. The van der Waals surface area contributed by atoms with Crippen LogP contribution in [0, 0.1) is 0 Å². The fraction of sp³-hybridized carbons (Fsp3) is 0.364. The normalized spacial score (nSPS) is 15.7. The first kappa shape index (κ1) is 21.7. The van der Waals surface area contributed by atoms with Crippen molar-refractivity contribution < 1.29 is 13.2 Å². The van der Waals surface area contributed by atoms with Crippen molar-refractivity contribution in [1.29, 1.82) is 0 Å². The van der Waals surface area contributed by atoms with Crippen LogP contribution in [0.15, 0.2) is 45.7 Å². The van der Waals surface area contributed by atoms with E-state index < -0.39 is 12.3 Å². The summed E-state index contributed by atoms with van der Waals surface area (Å²) in [7, 11) is 2.08. The van der Waals surface area contributed by atoms with Crippen LogP contribution in [0.4, 0.5) is 8.78 Å². The number of likely N-dealkylation sites (tertiary alicyclic amines) is 1. The van der Waals surface area contributed by atoms with Gasteiger partial charge in [-0.25, -0.2) is 4.79 Å². The van der Waals surface area contributed by atoms with E-state index in [2.05, 4.69) is 27.1 Å². The van der Waals surface area contributed by atoms with Crippen LogP contribution in [0.3, 0.4) is 0 Å². The predicted octanol–water partition coefficient (Wildman–Crippen LogP) is 4.15. The van der Waals surface area contributed by atoms with Crippen LogP contribution >= 0.6 is 11.6 Å². The number of rotatable bonds is 5. The summed E-state index contributed by atoms with van der Waals surface area (Å²) in [5, 5.41) is 7.51. The molecule has 1 saturated heterocycles. The molecule has 0 aliphatic carbocycles. The Hall–Kier alpha value is -3.11. The van der Waals surface area contributed by atoms with Crippen LogP contribution in [0.5, 0.6) is 0 Å². The standard InChI is InChI=1S/C22H21ClF2N6O2/c1-29-8-6-16(7-9-29)31-17-5-3-14(23)10-18(17)30(22(31)32)12-15-4-2-13(11-26-15)20-27-28-21(33-20)19(24)25/h2-5,10-11,16,19H,6-9,12H2,1H3. The van der Waals surface area contributed by atoms with E-state index in [-0.39, 0.29) is 24.2 Å². The van der Waals surface area contributed by atoms with E-state index in [1.807, 2.05) is 10.6 Å². The Morgan fingerprint density at radius 2 is 1.94 bits per heavy atom. The number of halogens is 3. The summed E-state index contributed by atoms with van der Waals surface area (Å²) in [6, 6.07) is 8.96. The highest BCUT2D eigenvalue weighted by Crippen LogP contribution is 2.28. The SMILES string of the molecule is CN1CCC(n2c(=O)n(Cc3ccc(-c4nnc(C(F)F)o4)cn3)c3cc(Cl)ccc32)CC1. The van der Waals surface area contributed by atoms with Gasteiger partial charge in [-0.15, -0.1) is 10.2 Å². The Balaban J connectivity index is 1.48. The molecule has 0 bridgehead atoms. The van der Waals surface area contributed by atoms with E-state index in [4.69, 9.17) is 16.0 Å². The molecular weight excluding hydrogens is 454 g/mol. The second-order valence-corrected chi connectivity index (χ2v) is 8.63. The highest BCUT2D eigenvalue weighted by atomic mass is 35.5. The lowest BCUT2D eigenvalue weighted by Gasteiger charge is -2.29. The van der Waals surface area contributed by atoms with Gasteiger partial charge in [0.1, 0.15) is 0 Å². The number of pyridine rings is 1. The molecule has 33 heavy (non-hydrogen) atoms. The molecular formula is C22H21ClF2N6O2. The third-order valence-electron chi connectivity index (χ3n) is 6.00. The van der Waals surface area contributed by atoms with Gasteiger partial charge in [-0.1, -0.05) is 11.6 Å². The van der Waals surface area contributed by atoms with Gasteiger partial charge in [-0.2, -0.15) is 8.78 Å². The van der Waals surface area contributed by atoms with E-state index >= 15 is 0 Å². The fourth-order valence-electron chi connectivity index (χ4n) is 4.26. The lowest BCUT2D eigenvalue weighted by Crippen LogP contribution is -2.36. The maximum Gasteiger partial charge on any atom is 0.329 e. The third kappa shape index (κ3) is 4.16. The molecule has 11 heteroatoms. The fourth-order valence-corrected chi connectivity index (χ4v) is 4.42. The summed E-state index contributed by atoms with van der Waals surface area (Å²) in [5.41, 5.74) is 2.53. The van der Waals surface area contributed by atoms with Gasteiger partial charge in [0.2, 0.25) is 5.89 Å². The largest absolute Gasteiger partial charge is 0.415 e. The molecule has 4 heterocycles. The molecule has 1 fully saturated rings. The first-order chi connectivity index (χ1) is 15.9. The number of alkyl halides is 2. The number of hydrogen-bond acceptors (Lipinski definition) is 6. The molecule has 0 spiro atoms. The Kier molecular flexibility index (Phi) is 5.71. The monoisotopic (exact) mass is 474 g/mol. The van der Waals surface area contributed by atoms with E-state index in [0.29, 0.717) is 16.3 Å². The highest BCUT2D eigenvalue weighted by molar-refractivity contribution is 6.31. The number of nitrogens with zero attached hydrogens (tertiary/aromatic N) is 6. The molecule has 1 aromatic carbocycles. The topological polar surface area (TPSA) is 82.0 Å². The average Bonchev–Trinajstić information content (AvgIpc) is 3.39. The summed E-state index contributed by atoms with van der Waals surface area (Å²) in [6.07, 6.45) is 0.428. The first-order valence-electron chi connectivity index (χ1n) is 10.6. The van der Waals surface area contributed by atoms with Gasteiger partial charge in [0.25, 0.3) is 5.89 Å². The van der Waals surface area contributed by atoms with Crippen molar-refractivity contribution in [2.75, 3.05) is 20.1 Å². The first-order valence-corrected chi connectivity index (χ1v) is 10.9. The molecule has 5 rings (SSSR count). The zero-order chi connectivity index (χ0) is 23.1.